The minimum absolute atomic E-state index is 0.00779. The molecule has 1 aliphatic rings. The van der Waals surface area contributed by atoms with Crippen LogP contribution in [0.5, 0.6) is 0 Å². The lowest BCUT2D eigenvalue weighted by Crippen LogP contribution is -2.50. The maximum Gasteiger partial charge on any atom is 0.329 e. The Morgan fingerprint density at radius 1 is 1.34 bits per heavy atom. The first-order chi connectivity index (χ1) is 15.1. The van der Waals surface area contributed by atoms with Gasteiger partial charge in [-0.05, 0) is 38.3 Å². The van der Waals surface area contributed by atoms with E-state index in [-0.39, 0.29) is 40.8 Å². The zero-order valence-electron chi connectivity index (χ0n) is 18.0. The fraction of sp³-hybridized carbons (Fsp3) is 0.550. The van der Waals surface area contributed by atoms with Gasteiger partial charge in [-0.25, -0.2) is 4.79 Å². The molecular formula is C20H26ClN3O7S. The number of carbonyl (C=O) groups is 3. The summed E-state index contributed by atoms with van der Waals surface area (Å²) in [6, 6.07) is 2.43. The van der Waals surface area contributed by atoms with Crippen LogP contribution in [0.4, 0.5) is 5.69 Å². The van der Waals surface area contributed by atoms with Gasteiger partial charge in [-0.3, -0.25) is 19.7 Å². The standard InChI is InChI=1S/C20H26ClN3O7S/c1-12-9-23(10-13(2)31-12)18(25)11-30-20(27)17(6-7-32-3)22-19(26)15-5-4-14(24(28)29)8-16(15)21/h4-5,8,12-13,17H,6-7,9-11H2,1-3H3,(H,22,26)/t12-,13+,17-/m1/s1. The molecule has 0 aromatic heterocycles. The second kappa shape index (κ2) is 12.0. The lowest BCUT2D eigenvalue weighted by atomic mass is 10.1. The Balaban J connectivity index is 2.00. The van der Waals surface area contributed by atoms with Crippen molar-refractivity contribution in [2.75, 3.05) is 31.7 Å². The molecule has 1 N–H and O–H groups in total. The summed E-state index contributed by atoms with van der Waals surface area (Å²) in [5, 5.41) is 13.3. The largest absolute Gasteiger partial charge is 0.454 e. The van der Waals surface area contributed by atoms with Crippen LogP contribution in [0.15, 0.2) is 18.2 Å². The predicted octanol–water partition coefficient (Wildman–Crippen LogP) is 2.28. The van der Waals surface area contributed by atoms with Gasteiger partial charge in [0.15, 0.2) is 6.61 Å². The second-order valence-electron chi connectivity index (χ2n) is 7.39. The Morgan fingerprint density at radius 3 is 2.56 bits per heavy atom. The molecule has 176 valence electrons. The van der Waals surface area contributed by atoms with Gasteiger partial charge in [0.2, 0.25) is 0 Å². The van der Waals surface area contributed by atoms with Crippen LogP contribution < -0.4 is 5.32 Å². The molecule has 3 atom stereocenters. The highest BCUT2D eigenvalue weighted by Gasteiger charge is 2.28. The average molecular weight is 488 g/mol. The molecular weight excluding hydrogens is 462 g/mol. The highest BCUT2D eigenvalue weighted by molar-refractivity contribution is 7.98. The van der Waals surface area contributed by atoms with Crippen LogP contribution >= 0.6 is 23.4 Å². The summed E-state index contributed by atoms with van der Waals surface area (Å²) in [7, 11) is 0. The van der Waals surface area contributed by atoms with Crippen molar-refractivity contribution in [3.63, 3.8) is 0 Å². The van der Waals surface area contributed by atoms with Crippen LogP contribution in [0, 0.1) is 10.1 Å². The van der Waals surface area contributed by atoms with Gasteiger partial charge in [-0.1, -0.05) is 11.6 Å². The number of nitrogens with one attached hydrogen (secondary N) is 1. The summed E-state index contributed by atoms with van der Waals surface area (Å²) >= 11 is 7.48. The lowest BCUT2D eigenvalue weighted by molar-refractivity contribution is -0.384. The van der Waals surface area contributed by atoms with Crippen molar-refractivity contribution in [1.29, 1.82) is 0 Å². The summed E-state index contributed by atoms with van der Waals surface area (Å²) < 4.78 is 10.8. The predicted molar refractivity (Wildman–Crippen MR) is 120 cm³/mol. The van der Waals surface area contributed by atoms with Crippen LogP contribution in [0.1, 0.15) is 30.6 Å². The van der Waals surface area contributed by atoms with E-state index in [1.54, 1.807) is 4.90 Å². The topological polar surface area (TPSA) is 128 Å². The molecule has 1 saturated heterocycles. The molecule has 0 spiro atoms. The average Bonchev–Trinajstić information content (AvgIpc) is 2.73. The number of nitro groups is 1. The number of thioether (sulfide) groups is 1. The summed E-state index contributed by atoms with van der Waals surface area (Å²) in [5.74, 6) is -1.20. The smallest absolute Gasteiger partial charge is 0.329 e. The number of nitrogens with zero attached hydrogens (tertiary/aromatic N) is 2. The first kappa shape index (κ1) is 25.9. The number of benzene rings is 1. The maximum absolute atomic E-state index is 12.6. The fourth-order valence-corrected chi connectivity index (χ4v) is 3.96. The number of morpholine rings is 1. The van der Waals surface area contributed by atoms with E-state index in [2.05, 4.69) is 5.32 Å². The summed E-state index contributed by atoms with van der Waals surface area (Å²) in [4.78, 5) is 49.4. The van der Waals surface area contributed by atoms with Crippen LogP contribution in [-0.4, -0.2) is 77.6 Å². The van der Waals surface area contributed by atoms with Gasteiger partial charge in [0.1, 0.15) is 6.04 Å². The molecule has 1 aliphatic heterocycles. The van der Waals surface area contributed by atoms with Crippen molar-refractivity contribution in [2.45, 2.75) is 38.5 Å². The molecule has 0 aliphatic carbocycles. The number of nitro benzene ring substituents is 1. The van der Waals surface area contributed by atoms with Crippen molar-refractivity contribution in [3.05, 3.63) is 38.9 Å². The van der Waals surface area contributed by atoms with E-state index in [4.69, 9.17) is 21.1 Å². The van der Waals surface area contributed by atoms with Crippen LogP contribution in [0.3, 0.4) is 0 Å². The number of halogens is 1. The van der Waals surface area contributed by atoms with E-state index in [0.717, 1.165) is 12.1 Å². The van der Waals surface area contributed by atoms with E-state index in [1.165, 1.54) is 17.8 Å². The summed E-state index contributed by atoms with van der Waals surface area (Å²) in [6.07, 6.45) is 1.90. The fourth-order valence-electron chi connectivity index (χ4n) is 3.23. The highest BCUT2D eigenvalue weighted by atomic mass is 35.5. The Hall–Kier alpha value is -2.37. The van der Waals surface area contributed by atoms with Crippen molar-refractivity contribution in [1.82, 2.24) is 10.2 Å². The van der Waals surface area contributed by atoms with E-state index in [0.29, 0.717) is 18.8 Å². The van der Waals surface area contributed by atoms with Gasteiger partial charge in [0.05, 0.1) is 27.7 Å². The quantitative estimate of drug-likeness (QED) is 0.319. The molecule has 2 amide bonds. The van der Waals surface area contributed by atoms with Crippen LogP contribution in [-0.2, 0) is 19.1 Å². The molecule has 0 bridgehead atoms. The zero-order valence-corrected chi connectivity index (χ0v) is 19.6. The molecule has 1 heterocycles. The first-order valence-electron chi connectivity index (χ1n) is 9.96. The number of ether oxygens (including phenoxy) is 2. The number of amides is 2. The SMILES string of the molecule is CSCC[C@@H](NC(=O)c1ccc([N+](=O)[O-])cc1Cl)C(=O)OCC(=O)N1C[C@@H](C)O[C@@H](C)C1. The molecule has 1 aromatic rings. The molecule has 32 heavy (non-hydrogen) atoms. The van der Waals surface area contributed by atoms with Crippen LogP contribution in [0.25, 0.3) is 0 Å². The van der Waals surface area contributed by atoms with Crippen LogP contribution in [0.2, 0.25) is 5.02 Å². The maximum atomic E-state index is 12.6. The van der Waals surface area contributed by atoms with Crippen molar-refractivity contribution in [2.24, 2.45) is 0 Å². The lowest BCUT2D eigenvalue weighted by Gasteiger charge is -2.35. The third-order valence-corrected chi connectivity index (χ3v) is 5.68. The molecule has 2 rings (SSSR count). The van der Waals surface area contributed by atoms with Gasteiger partial charge in [-0.15, -0.1) is 0 Å². The van der Waals surface area contributed by atoms with Crippen molar-refractivity contribution in [3.8, 4) is 0 Å². The third kappa shape index (κ3) is 7.35. The van der Waals surface area contributed by atoms with E-state index in [1.807, 2.05) is 20.1 Å². The van der Waals surface area contributed by atoms with E-state index in [9.17, 15) is 24.5 Å². The van der Waals surface area contributed by atoms with Gasteiger partial charge < -0.3 is 19.7 Å². The Morgan fingerprint density at radius 2 is 2.00 bits per heavy atom. The number of carbonyl (C=O) groups excluding carboxylic acids is 3. The van der Waals surface area contributed by atoms with Crippen molar-refractivity contribution >= 4 is 46.8 Å². The minimum Gasteiger partial charge on any atom is -0.454 e. The van der Waals surface area contributed by atoms with E-state index < -0.39 is 29.4 Å². The van der Waals surface area contributed by atoms with Gasteiger partial charge in [0.25, 0.3) is 17.5 Å². The Bertz CT molecular complexity index is 860. The second-order valence-corrected chi connectivity index (χ2v) is 8.79. The number of hydrogen-bond donors (Lipinski definition) is 1. The van der Waals surface area contributed by atoms with Gasteiger partial charge >= 0.3 is 5.97 Å². The Kier molecular flexibility index (Phi) is 9.73. The normalized spacial score (nSPS) is 19.2. The third-order valence-electron chi connectivity index (χ3n) is 4.72. The molecule has 0 unspecified atom stereocenters. The number of rotatable bonds is 9. The monoisotopic (exact) mass is 487 g/mol. The number of esters is 1. The molecule has 0 radical (unpaired) electrons. The summed E-state index contributed by atoms with van der Waals surface area (Å²) in [5.41, 5.74) is -0.262. The van der Waals surface area contributed by atoms with Gasteiger partial charge in [0, 0.05) is 25.2 Å². The number of non-ortho nitro benzene ring substituents is 1. The minimum atomic E-state index is -1.00. The first-order valence-corrected chi connectivity index (χ1v) is 11.7. The zero-order chi connectivity index (χ0) is 23.8. The molecule has 1 fully saturated rings. The summed E-state index contributed by atoms with van der Waals surface area (Å²) in [6.45, 7) is 4.10. The van der Waals surface area contributed by atoms with E-state index >= 15 is 0 Å². The Labute approximate surface area is 195 Å². The molecule has 0 saturated carbocycles. The number of hydrogen-bond acceptors (Lipinski definition) is 8. The molecule has 12 heteroatoms. The van der Waals surface area contributed by atoms with Crippen molar-refractivity contribution < 1.29 is 28.8 Å². The molecule has 1 aromatic carbocycles. The van der Waals surface area contributed by atoms with Gasteiger partial charge in [-0.2, -0.15) is 11.8 Å². The highest BCUT2D eigenvalue weighted by Crippen LogP contribution is 2.22. The molecule has 10 nitrogen and oxygen atoms in total.